The summed E-state index contributed by atoms with van der Waals surface area (Å²) in [6.07, 6.45) is 0.0414. The predicted molar refractivity (Wildman–Crippen MR) is 81.6 cm³/mol. The second kappa shape index (κ2) is 6.89. The maximum Gasteiger partial charge on any atom is 0.308 e. The van der Waals surface area contributed by atoms with Gasteiger partial charge in [-0.3, -0.25) is 14.4 Å². The third-order valence-electron chi connectivity index (χ3n) is 3.24. The summed E-state index contributed by atoms with van der Waals surface area (Å²) in [7, 11) is 0. The number of hydrogen-bond donors (Lipinski definition) is 2. The highest BCUT2D eigenvalue weighted by Gasteiger charge is 2.17. The highest BCUT2D eigenvalue weighted by atomic mass is 16.5. The SMILES string of the molecule is CC(=O)NCCC(=O)OCC(=O)c1c(C)[nH]c2ccccc12. The first-order valence-electron chi connectivity index (χ1n) is 6.99. The summed E-state index contributed by atoms with van der Waals surface area (Å²) in [4.78, 5) is 37.6. The van der Waals surface area contributed by atoms with Crippen LogP contribution >= 0.6 is 0 Å². The number of nitrogens with one attached hydrogen (secondary N) is 2. The predicted octanol–water partition coefficient (Wildman–Crippen LogP) is 1.73. The Morgan fingerprint density at radius 2 is 1.95 bits per heavy atom. The molecule has 1 aromatic carbocycles. The van der Waals surface area contributed by atoms with Crippen LogP contribution in [0.1, 0.15) is 29.4 Å². The molecule has 0 radical (unpaired) electrons. The van der Waals surface area contributed by atoms with Crippen LogP contribution in [-0.2, 0) is 14.3 Å². The number of ether oxygens (including phenoxy) is 1. The number of H-pyrrole nitrogens is 1. The average molecular weight is 302 g/mol. The molecule has 2 aromatic rings. The van der Waals surface area contributed by atoms with E-state index in [-0.39, 0.29) is 31.3 Å². The van der Waals surface area contributed by atoms with Gasteiger partial charge >= 0.3 is 5.97 Å². The molecule has 22 heavy (non-hydrogen) atoms. The number of fused-ring (bicyclic) bond motifs is 1. The molecule has 0 fully saturated rings. The van der Waals surface area contributed by atoms with Crippen LogP contribution in [0.2, 0.25) is 0 Å². The fourth-order valence-electron chi connectivity index (χ4n) is 2.27. The van der Waals surface area contributed by atoms with Gasteiger partial charge in [0.25, 0.3) is 0 Å². The van der Waals surface area contributed by atoms with Crippen molar-refractivity contribution in [2.45, 2.75) is 20.3 Å². The number of rotatable bonds is 6. The minimum atomic E-state index is -0.514. The van der Waals surface area contributed by atoms with Crippen LogP contribution in [-0.4, -0.2) is 35.8 Å². The van der Waals surface area contributed by atoms with E-state index in [1.54, 1.807) is 0 Å². The number of carbonyl (C=O) groups excluding carboxylic acids is 3. The molecule has 2 rings (SSSR count). The number of para-hydroxylation sites is 1. The summed E-state index contributed by atoms with van der Waals surface area (Å²) in [5.74, 6) is -0.972. The smallest absolute Gasteiger partial charge is 0.308 e. The highest BCUT2D eigenvalue weighted by Crippen LogP contribution is 2.22. The van der Waals surface area contributed by atoms with Gasteiger partial charge in [-0.05, 0) is 13.0 Å². The lowest BCUT2D eigenvalue weighted by molar-refractivity contribution is -0.142. The highest BCUT2D eigenvalue weighted by molar-refractivity contribution is 6.10. The lowest BCUT2D eigenvalue weighted by atomic mass is 10.1. The van der Waals surface area contributed by atoms with Crippen molar-refractivity contribution in [3.8, 4) is 0 Å². The van der Waals surface area contributed by atoms with E-state index < -0.39 is 5.97 Å². The Morgan fingerprint density at radius 1 is 1.23 bits per heavy atom. The first-order chi connectivity index (χ1) is 10.5. The van der Waals surface area contributed by atoms with Crippen molar-refractivity contribution in [3.63, 3.8) is 0 Å². The quantitative estimate of drug-likeness (QED) is 0.628. The lowest BCUT2D eigenvalue weighted by Gasteiger charge is -2.05. The molecule has 1 heterocycles. The second-order valence-corrected chi connectivity index (χ2v) is 4.99. The van der Waals surface area contributed by atoms with E-state index >= 15 is 0 Å². The van der Waals surface area contributed by atoms with Gasteiger partial charge in [-0.2, -0.15) is 0 Å². The number of carbonyl (C=O) groups is 3. The molecule has 0 spiro atoms. The Balaban J connectivity index is 1.95. The average Bonchev–Trinajstić information content (AvgIpc) is 2.80. The first-order valence-corrected chi connectivity index (χ1v) is 6.99. The Bertz CT molecular complexity index is 718. The van der Waals surface area contributed by atoms with Crippen molar-refractivity contribution in [2.75, 3.05) is 13.2 Å². The van der Waals surface area contributed by atoms with Crippen molar-refractivity contribution in [1.82, 2.24) is 10.3 Å². The van der Waals surface area contributed by atoms with E-state index in [0.717, 1.165) is 16.6 Å². The maximum atomic E-state index is 12.3. The van der Waals surface area contributed by atoms with Gasteiger partial charge in [0.1, 0.15) is 0 Å². The van der Waals surface area contributed by atoms with Crippen LogP contribution in [0.5, 0.6) is 0 Å². The van der Waals surface area contributed by atoms with Crippen molar-refractivity contribution in [1.29, 1.82) is 0 Å². The molecule has 0 aliphatic rings. The Labute approximate surface area is 127 Å². The fourth-order valence-corrected chi connectivity index (χ4v) is 2.27. The molecule has 0 bridgehead atoms. The van der Waals surface area contributed by atoms with Gasteiger partial charge in [0, 0.05) is 35.6 Å². The normalized spacial score (nSPS) is 10.5. The monoisotopic (exact) mass is 302 g/mol. The van der Waals surface area contributed by atoms with Crippen LogP contribution in [0.25, 0.3) is 10.9 Å². The van der Waals surface area contributed by atoms with Crippen LogP contribution in [0.4, 0.5) is 0 Å². The molecular formula is C16H18N2O4. The molecule has 0 saturated heterocycles. The number of aromatic amines is 1. The second-order valence-electron chi connectivity index (χ2n) is 4.99. The molecule has 2 N–H and O–H groups in total. The minimum absolute atomic E-state index is 0.0414. The largest absolute Gasteiger partial charge is 0.457 e. The van der Waals surface area contributed by atoms with E-state index in [1.807, 2.05) is 31.2 Å². The van der Waals surface area contributed by atoms with Crippen LogP contribution in [0.3, 0.4) is 0 Å². The van der Waals surface area contributed by atoms with Gasteiger partial charge < -0.3 is 15.0 Å². The van der Waals surface area contributed by atoms with Crippen molar-refractivity contribution >= 4 is 28.6 Å². The number of Topliss-reactive ketones (excluding diaryl/α,β-unsaturated/α-hetero) is 1. The maximum absolute atomic E-state index is 12.3. The molecule has 6 nitrogen and oxygen atoms in total. The van der Waals surface area contributed by atoms with E-state index in [9.17, 15) is 14.4 Å². The van der Waals surface area contributed by atoms with E-state index in [0.29, 0.717) is 5.56 Å². The van der Waals surface area contributed by atoms with Crippen molar-refractivity contribution < 1.29 is 19.1 Å². The third-order valence-corrected chi connectivity index (χ3v) is 3.24. The molecule has 116 valence electrons. The van der Waals surface area contributed by atoms with Crippen molar-refractivity contribution in [3.05, 3.63) is 35.5 Å². The molecule has 0 aliphatic carbocycles. The molecule has 0 aliphatic heterocycles. The number of amides is 1. The minimum Gasteiger partial charge on any atom is -0.457 e. The van der Waals surface area contributed by atoms with Crippen LogP contribution < -0.4 is 5.32 Å². The van der Waals surface area contributed by atoms with Gasteiger partial charge in [-0.1, -0.05) is 18.2 Å². The summed E-state index contributed by atoms with van der Waals surface area (Å²) in [6, 6.07) is 7.48. The fraction of sp³-hybridized carbons (Fsp3) is 0.312. The summed E-state index contributed by atoms with van der Waals surface area (Å²) in [5.41, 5.74) is 2.17. The van der Waals surface area contributed by atoms with Gasteiger partial charge in [0.15, 0.2) is 6.61 Å². The van der Waals surface area contributed by atoms with Gasteiger partial charge in [-0.25, -0.2) is 0 Å². The number of hydrogen-bond acceptors (Lipinski definition) is 4. The Hall–Kier alpha value is -2.63. The summed E-state index contributed by atoms with van der Waals surface area (Å²) < 4.78 is 4.96. The van der Waals surface area contributed by atoms with Gasteiger partial charge in [0.05, 0.1) is 6.42 Å². The van der Waals surface area contributed by atoms with E-state index in [1.165, 1.54) is 6.92 Å². The molecule has 1 aromatic heterocycles. The van der Waals surface area contributed by atoms with E-state index in [2.05, 4.69) is 10.3 Å². The molecule has 6 heteroatoms. The molecule has 0 atom stereocenters. The van der Waals surface area contributed by atoms with Crippen LogP contribution in [0.15, 0.2) is 24.3 Å². The number of aryl methyl sites for hydroxylation is 1. The van der Waals surface area contributed by atoms with E-state index in [4.69, 9.17) is 4.74 Å². The Kier molecular flexibility index (Phi) is 4.93. The zero-order valence-corrected chi connectivity index (χ0v) is 12.6. The number of aromatic nitrogens is 1. The first kappa shape index (κ1) is 15.8. The summed E-state index contributed by atoms with van der Waals surface area (Å²) in [6.45, 7) is 3.08. The summed E-state index contributed by atoms with van der Waals surface area (Å²) >= 11 is 0. The molecule has 1 amide bonds. The lowest BCUT2D eigenvalue weighted by Crippen LogP contribution is -2.24. The standard InChI is InChI=1S/C16H18N2O4/c1-10-16(12-5-3-4-6-13(12)18-10)14(20)9-22-15(21)7-8-17-11(2)19/h3-6,18H,7-9H2,1-2H3,(H,17,19). The molecule has 0 saturated carbocycles. The van der Waals surface area contributed by atoms with Crippen LogP contribution in [0, 0.1) is 6.92 Å². The van der Waals surface area contributed by atoms with Gasteiger partial charge in [0.2, 0.25) is 11.7 Å². The zero-order valence-electron chi connectivity index (χ0n) is 12.6. The summed E-state index contributed by atoms with van der Waals surface area (Å²) in [5, 5.41) is 3.31. The Morgan fingerprint density at radius 3 is 2.68 bits per heavy atom. The van der Waals surface area contributed by atoms with Crippen molar-refractivity contribution in [2.24, 2.45) is 0 Å². The molecular weight excluding hydrogens is 284 g/mol. The molecule has 0 unspecified atom stereocenters. The number of esters is 1. The topological polar surface area (TPSA) is 88.3 Å². The number of benzene rings is 1. The van der Waals surface area contributed by atoms with Gasteiger partial charge in [-0.15, -0.1) is 0 Å². The number of ketones is 1. The third kappa shape index (κ3) is 3.72. The zero-order chi connectivity index (χ0) is 16.1.